The maximum atomic E-state index is 13.2. The molecule has 55 heavy (non-hydrogen) atoms. The maximum Gasteiger partial charge on any atom is 0.255 e. The van der Waals surface area contributed by atoms with Gasteiger partial charge in [-0.2, -0.15) is 0 Å². The van der Waals surface area contributed by atoms with Gasteiger partial charge >= 0.3 is 0 Å². The molecule has 2 N–H and O–H groups in total. The molecule has 0 spiro atoms. The second-order valence-electron chi connectivity index (χ2n) is 17.3. The van der Waals surface area contributed by atoms with Crippen LogP contribution in [-0.2, 0) is 22.6 Å². The van der Waals surface area contributed by atoms with Crippen LogP contribution in [0.3, 0.4) is 0 Å². The number of amides is 3. The largest absolute Gasteiger partial charge is 0.508 e. The number of benzene rings is 3. The number of piperidine rings is 3. The van der Waals surface area contributed by atoms with E-state index >= 15 is 0 Å². The van der Waals surface area contributed by atoms with Crippen LogP contribution in [0.25, 0.3) is 0 Å². The summed E-state index contributed by atoms with van der Waals surface area (Å²) >= 11 is 0. The molecule has 5 aliphatic heterocycles. The third-order valence-corrected chi connectivity index (χ3v) is 14.0. The van der Waals surface area contributed by atoms with Crippen molar-refractivity contribution in [3.63, 3.8) is 0 Å². The van der Waals surface area contributed by atoms with Crippen molar-refractivity contribution in [2.24, 2.45) is 17.8 Å². The van der Waals surface area contributed by atoms with Crippen LogP contribution < -0.4 is 15.1 Å². The van der Waals surface area contributed by atoms with Crippen molar-refractivity contribution in [1.29, 1.82) is 0 Å². The number of imide groups is 1. The molecule has 10 nitrogen and oxygen atoms in total. The molecule has 0 radical (unpaired) electrons. The van der Waals surface area contributed by atoms with Crippen molar-refractivity contribution in [2.75, 3.05) is 75.8 Å². The van der Waals surface area contributed by atoms with Crippen LogP contribution in [0.1, 0.15) is 83.5 Å². The molecule has 9 rings (SSSR count). The molecule has 4 fully saturated rings. The molecule has 1 aliphatic carbocycles. The van der Waals surface area contributed by atoms with Crippen molar-refractivity contribution in [3.8, 4) is 5.75 Å². The van der Waals surface area contributed by atoms with E-state index in [4.69, 9.17) is 0 Å². The lowest BCUT2D eigenvalue weighted by molar-refractivity contribution is -0.136. The highest BCUT2D eigenvalue weighted by Crippen LogP contribution is 2.47. The first-order chi connectivity index (χ1) is 26.8. The highest BCUT2D eigenvalue weighted by atomic mass is 16.3. The molecule has 0 aromatic heterocycles. The molecule has 0 bridgehead atoms. The lowest BCUT2D eigenvalue weighted by Gasteiger charge is -2.42. The Morgan fingerprint density at radius 1 is 0.709 bits per heavy atom. The number of aryl methyl sites for hydroxylation is 1. The third-order valence-electron chi connectivity index (χ3n) is 14.0. The van der Waals surface area contributed by atoms with E-state index < -0.39 is 6.04 Å². The number of hydrogen-bond acceptors (Lipinski definition) is 8. The number of carbonyl (C=O) groups excluding carboxylic acids is 3. The van der Waals surface area contributed by atoms with Crippen molar-refractivity contribution in [2.45, 2.75) is 69.9 Å². The average Bonchev–Trinajstić information content (AvgIpc) is 3.53. The van der Waals surface area contributed by atoms with E-state index in [9.17, 15) is 19.5 Å². The van der Waals surface area contributed by atoms with Gasteiger partial charge in [-0.05, 0) is 148 Å². The Kier molecular flexibility index (Phi) is 10.1. The number of piperazine rings is 1. The first kappa shape index (κ1) is 36.2. The minimum absolute atomic E-state index is 0.117. The summed E-state index contributed by atoms with van der Waals surface area (Å²) in [6.45, 7) is 10.1. The molecule has 10 heteroatoms. The number of carbonyl (C=O) groups is 3. The minimum Gasteiger partial charge on any atom is -0.508 e. The van der Waals surface area contributed by atoms with Crippen LogP contribution in [0.15, 0.2) is 60.7 Å². The van der Waals surface area contributed by atoms with Gasteiger partial charge in [-0.25, -0.2) is 0 Å². The summed E-state index contributed by atoms with van der Waals surface area (Å²) in [5, 5.41) is 12.7. The van der Waals surface area contributed by atoms with Crippen molar-refractivity contribution < 1.29 is 19.5 Å². The average molecular weight is 745 g/mol. The Balaban J connectivity index is 0.774. The molecular weight excluding hydrogens is 689 g/mol. The van der Waals surface area contributed by atoms with E-state index in [1.807, 2.05) is 18.2 Å². The number of anilines is 2. The Morgan fingerprint density at radius 3 is 2.18 bits per heavy atom. The first-order valence-electron chi connectivity index (χ1n) is 20.9. The monoisotopic (exact) mass is 744 g/mol. The topological polar surface area (TPSA) is 99.7 Å². The van der Waals surface area contributed by atoms with Crippen LogP contribution in [0.2, 0.25) is 0 Å². The van der Waals surface area contributed by atoms with Crippen LogP contribution >= 0.6 is 0 Å². The predicted molar refractivity (Wildman–Crippen MR) is 215 cm³/mol. The predicted octanol–water partition coefficient (Wildman–Crippen LogP) is 5.23. The first-order valence-corrected chi connectivity index (χ1v) is 20.9. The molecule has 3 atom stereocenters. The Morgan fingerprint density at radius 2 is 1.44 bits per heavy atom. The van der Waals surface area contributed by atoms with Gasteiger partial charge in [0.2, 0.25) is 11.8 Å². The highest BCUT2D eigenvalue weighted by molar-refractivity contribution is 6.05. The fourth-order valence-corrected chi connectivity index (χ4v) is 10.8. The number of likely N-dealkylation sites (tertiary alicyclic amines) is 1. The lowest BCUT2D eigenvalue weighted by atomic mass is 9.65. The zero-order chi connectivity index (χ0) is 37.6. The SMILES string of the molecule is CN1CCC([C@@H]2CCc3cc(O)ccc3[C@@H]2c2ccc(N3CCC(CN4CCN(c5ccc6c(c5)CN([C@@H]5CCC(=O)NC5=O)C6=O)CC4)CC3)cc2)CC1. The van der Waals surface area contributed by atoms with Gasteiger partial charge in [0.25, 0.3) is 5.91 Å². The van der Waals surface area contributed by atoms with Gasteiger partial charge in [-0.15, -0.1) is 0 Å². The quantitative estimate of drug-likeness (QED) is 0.318. The highest BCUT2D eigenvalue weighted by Gasteiger charge is 2.40. The number of fused-ring (bicyclic) bond motifs is 2. The Hall–Kier alpha value is -4.41. The van der Waals surface area contributed by atoms with Gasteiger partial charge in [0, 0.05) is 81.6 Å². The number of phenolic OH excluding ortho intramolecular Hbond substituents is 1. The molecule has 0 unspecified atom stereocenters. The van der Waals surface area contributed by atoms with Crippen molar-refractivity contribution in [1.82, 2.24) is 20.0 Å². The summed E-state index contributed by atoms with van der Waals surface area (Å²) in [6.07, 6.45) is 7.89. The zero-order valence-electron chi connectivity index (χ0n) is 32.3. The van der Waals surface area contributed by atoms with Gasteiger partial charge in [0.15, 0.2) is 0 Å². The fourth-order valence-electron chi connectivity index (χ4n) is 10.8. The van der Waals surface area contributed by atoms with E-state index in [-0.39, 0.29) is 24.1 Å². The van der Waals surface area contributed by atoms with E-state index in [0.29, 0.717) is 42.0 Å². The molecule has 290 valence electrons. The van der Waals surface area contributed by atoms with E-state index in [0.717, 1.165) is 69.4 Å². The number of phenols is 1. The molecule has 4 saturated heterocycles. The summed E-state index contributed by atoms with van der Waals surface area (Å²) in [4.78, 5) is 49.0. The number of hydrogen-bond donors (Lipinski definition) is 2. The lowest BCUT2D eigenvalue weighted by Crippen LogP contribution is -2.52. The number of aromatic hydroxyl groups is 1. The van der Waals surface area contributed by atoms with Crippen LogP contribution in [0.4, 0.5) is 11.4 Å². The molecule has 5 heterocycles. The van der Waals surface area contributed by atoms with Crippen molar-refractivity contribution in [3.05, 3.63) is 88.5 Å². The number of rotatable bonds is 7. The van der Waals surface area contributed by atoms with Gasteiger partial charge in [-0.3, -0.25) is 24.6 Å². The van der Waals surface area contributed by atoms with Crippen LogP contribution in [0, 0.1) is 17.8 Å². The molecule has 3 aromatic carbocycles. The van der Waals surface area contributed by atoms with Gasteiger partial charge < -0.3 is 24.7 Å². The van der Waals surface area contributed by atoms with E-state index in [2.05, 4.69) is 74.4 Å². The van der Waals surface area contributed by atoms with Gasteiger partial charge in [0.1, 0.15) is 11.8 Å². The van der Waals surface area contributed by atoms with Crippen molar-refractivity contribution >= 4 is 29.1 Å². The molecular formula is C45H56N6O4. The number of nitrogens with one attached hydrogen (secondary N) is 1. The Bertz CT molecular complexity index is 1910. The molecule has 3 amide bonds. The number of nitrogens with zero attached hydrogens (tertiary/aromatic N) is 5. The molecule has 0 saturated carbocycles. The standard InChI is InChI=1S/C45H56N6O4/c1-47-18-16-31(17-19-47)38-9-4-33-27-37(52)8-11-39(33)43(38)32-2-5-35(6-3-32)49-20-14-30(15-21-49)28-48-22-24-50(25-23-48)36-7-10-40-34(26-36)29-51(45(40)55)41-12-13-42(53)46-44(41)54/h2-3,5-8,10-11,26-27,30-31,38,41,43,52H,4,9,12-25,28-29H2,1H3,(H,46,53,54)/t38-,41+,43+/m0/s1. The summed E-state index contributed by atoms with van der Waals surface area (Å²) in [6, 6.07) is 21.2. The minimum atomic E-state index is -0.582. The normalized spacial score (nSPS) is 25.9. The Labute approximate surface area is 325 Å². The summed E-state index contributed by atoms with van der Waals surface area (Å²) in [5.74, 6) is 2.12. The summed E-state index contributed by atoms with van der Waals surface area (Å²) < 4.78 is 0. The molecule has 6 aliphatic rings. The smallest absolute Gasteiger partial charge is 0.255 e. The van der Waals surface area contributed by atoms with Crippen LogP contribution in [-0.4, -0.2) is 110 Å². The summed E-state index contributed by atoms with van der Waals surface area (Å²) in [5.41, 5.74) is 8.28. The van der Waals surface area contributed by atoms with E-state index in [1.165, 1.54) is 67.6 Å². The van der Waals surface area contributed by atoms with Gasteiger partial charge in [-0.1, -0.05) is 18.2 Å². The maximum absolute atomic E-state index is 13.2. The van der Waals surface area contributed by atoms with Gasteiger partial charge in [0.05, 0.1) is 0 Å². The third kappa shape index (κ3) is 7.35. The fraction of sp³-hybridized carbons (Fsp3) is 0.533. The van der Waals surface area contributed by atoms with Crippen LogP contribution in [0.5, 0.6) is 5.75 Å². The second kappa shape index (κ2) is 15.3. The second-order valence-corrected chi connectivity index (χ2v) is 17.3. The molecule has 3 aromatic rings. The zero-order valence-corrected chi connectivity index (χ0v) is 32.3. The summed E-state index contributed by atoms with van der Waals surface area (Å²) in [7, 11) is 2.25. The van der Waals surface area contributed by atoms with E-state index in [1.54, 1.807) is 4.90 Å².